The van der Waals surface area contributed by atoms with Gasteiger partial charge in [-0.1, -0.05) is 36.7 Å². The van der Waals surface area contributed by atoms with Crippen LogP contribution in [0, 0.1) is 5.92 Å². The van der Waals surface area contributed by atoms with Gasteiger partial charge >= 0.3 is 5.97 Å². The number of anilines is 1. The summed E-state index contributed by atoms with van der Waals surface area (Å²) in [6, 6.07) is 7.61. The number of hydrogen-bond acceptors (Lipinski definition) is 6. The molecule has 1 amide bonds. The van der Waals surface area contributed by atoms with Crippen LogP contribution in [0.25, 0.3) is 0 Å². The molecule has 1 atom stereocenters. The second-order valence-corrected chi connectivity index (χ2v) is 9.80. The van der Waals surface area contributed by atoms with Crippen molar-refractivity contribution in [1.82, 2.24) is 4.90 Å². The molecule has 1 aromatic carbocycles. The zero-order chi connectivity index (χ0) is 22.0. The largest absolute Gasteiger partial charge is 0.459 e. The van der Waals surface area contributed by atoms with Crippen molar-refractivity contribution in [3.05, 3.63) is 41.1 Å². The summed E-state index contributed by atoms with van der Waals surface area (Å²) in [4.78, 5) is 32.6. The predicted octanol–water partition coefficient (Wildman–Crippen LogP) is 4.89. The van der Waals surface area contributed by atoms with Gasteiger partial charge < -0.3 is 15.0 Å². The molecule has 1 N–H and O–H groups in total. The molecule has 166 valence electrons. The molecule has 3 aliphatic rings. The quantitative estimate of drug-likeness (QED) is 0.659. The lowest BCUT2D eigenvalue weighted by Gasteiger charge is -2.40. The molecule has 7 heteroatoms. The summed E-state index contributed by atoms with van der Waals surface area (Å²) in [6.07, 6.45) is 5.01. The van der Waals surface area contributed by atoms with Crippen molar-refractivity contribution in [1.29, 1.82) is 0 Å². The summed E-state index contributed by atoms with van der Waals surface area (Å²) >= 11 is 1.73. The second kappa shape index (κ2) is 9.47. The van der Waals surface area contributed by atoms with Crippen molar-refractivity contribution >= 4 is 34.5 Å². The van der Waals surface area contributed by atoms with E-state index in [1.807, 2.05) is 45.0 Å². The van der Waals surface area contributed by atoms with Crippen molar-refractivity contribution in [2.24, 2.45) is 10.9 Å². The lowest BCUT2D eigenvalue weighted by Crippen LogP contribution is -2.42. The minimum atomic E-state index is -0.323. The number of thioether (sulfide) groups is 1. The number of fused-ring (bicyclic) bond motifs is 1. The summed E-state index contributed by atoms with van der Waals surface area (Å²) in [5.41, 5.74) is 3.03. The first-order valence-corrected chi connectivity index (χ1v) is 12.2. The predicted molar refractivity (Wildman–Crippen MR) is 125 cm³/mol. The molecular weight excluding hydrogens is 410 g/mol. The molecule has 1 saturated heterocycles. The zero-order valence-electron chi connectivity index (χ0n) is 18.5. The Balaban J connectivity index is 1.67. The number of nitrogens with one attached hydrogen (secondary N) is 1. The first-order valence-electron chi connectivity index (χ1n) is 11.2. The Kier molecular flexibility index (Phi) is 6.70. The van der Waals surface area contributed by atoms with Crippen molar-refractivity contribution in [2.75, 3.05) is 17.6 Å². The number of carbonyl (C=O) groups excluding carboxylic acids is 2. The van der Waals surface area contributed by atoms with Gasteiger partial charge in [-0.15, -0.1) is 0 Å². The number of ether oxygens (including phenoxy) is 1. The van der Waals surface area contributed by atoms with Gasteiger partial charge in [-0.25, -0.2) is 9.79 Å². The third-order valence-electron chi connectivity index (χ3n) is 6.02. The van der Waals surface area contributed by atoms with E-state index in [-0.39, 0.29) is 29.9 Å². The molecule has 31 heavy (non-hydrogen) atoms. The van der Waals surface area contributed by atoms with Gasteiger partial charge in [0.15, 0.2) is 5.17 Å². The minimum absolute atomic E-state index is 0.0974. The monoisotopic (exact) mass is 441 g/mol. The van der Waals surface area contributed by atoms with Crippen LogP contribution in [-0.2, 0) is 14.3 Å². The summed E-state index contributed by atoms with van der Waals surface area (Å²) in [5.74, 6) is 0.907. The van der Waals surface area contributed by atoms with Crippen LogP contribution in [-0.4, -0.2) is 40.3 Å². The molecule has 6 nitrogen and oxygen atoms in total. The lowest BCUT2D eigenvalue weighted by atomic mass is 9.93. The average Bonchev–Trinajstić information content (AvgIpc) is 3.27. The Labute approximate surface area is 188 Å². The van der Waals surface area contributed by atoms with Gasteiger partial charge in [0.25, 0.3) is 0 Å². The van der Waals surface area contributed by atoms with E-state index >= 15 is 0 Å². The van der Waals surface area contributed by atoms with Gasteiger partial charge in [0.1, 0.15) is 0 Å². The Morgan fingerprint density at radius 1 is 1.23 bits per heavy atom. The third kappa shape index (κ3) is 4.81. The Bertz CT molecular complexity index is 918. The molecule has 0 radical (unpaired) electrons. The SMILES string of the molecule is CC1=C(C(=O)OC(C)C)C(c2cccc(NC(=O)C3CCCC3)c2)N2CCCSC2=N1. The molecule has 0 aromatic heterocycles. The lowest BCUT2D eigenvalue weighted by molar-refractivity contribution is -0.143. The molecule has 1 aromatic rings. The van der Waals surface area contributed by atoms with Gasteiger partial charge in [-0.05, 0) is 57.7 Å². The van der Waals surface area contributed by atoms with Crippen LogP contribution >= 0.6 is 11.8 Å². The van der Waals surface area contributed by atoms with Gasteiger partial charge in [-0.2, -0.15) is 0 Å². The van der Waals surface area contributed by atoms with E-state index < -0.39 is 0 Å². The molecule has 2 heterocycles. The van der Waals surface area contributed by atoms with Crippen molar-refractivity contribution in [2.45, 2.75) is 65.0 Å². The van der Waals surface area contributed by atoms with Crippen LogP contribution in [0.1, 0.15) is 64.5 Å². The van der Waals surface area contributed by atoms with Crippen LogP contribution in [0.2, 0.25) is 0 Å². The van der Waals surface area contributed by atoms with Gasteiger partial charge in [0, 0.05) is 23.9 Å². The molecule has 0 spiro atoms. The van der Waals surface area contributed by atoms with Crippen LogP contribution in [0.5, 0.6) is 0 Å². The van der Waals surface area contributed by atoms with E-state index in [4.69, 9.17) is 9.73 Å². The molecule has 1 aliphatic carbocycles. The molecular formula is C24H31N3O3S. The van der Waals surface area contributed by atoms with E-state index in [9.17, 15) is 9.59 Å². The number of aliphatic imine (C=N–C) groups is 1. The first kappa shape index (κ1) is 21.9. The smallest absolute Gasteiger partial charge is 0.338 e. The standard InChI is InChI=1S/C24H31N3O3S/c1-15(2)30-23(29)20-16(3)25-24-27(12-7-13-31-24)21(20)18-10-6-11-19(14-18)26-22(28)17-8-4-5-9-17/h6,10-11,14-15,17,21H,4-5,7-9,12-13H2,1-3H3,(H,26,28). The number of hydrogen-bond donors (Lipinski definition) is 1. The molecule has 2 aliphatic heterocycles. The maximum Gasteiger partial charge on any atom is 0.338 e. The fourth-order valence-corrected chi connectivity index (χ4v) is 5.59. The van der Waals surface area contributed by atoms with E-state index in [2.05, 4.69) is 10.2 Å². The minimum Gasteiger partial charge on any atom is -0.459 e. The van der Waals surface area contributed by atoms with Crippen LogP contribution in [0.4, 0.5) is 5.69 Å². The van der Waals surface area contributed by atoms with Crippen molar-refractivity contribution < 1.29 is 14.3 Å². The number of nitrogens with zero attached hydrogens (tertiary/aromatic N) is 2. The Morgan fingerprint density at radius 2 is 2.00 bits per heavy atom. The Hall–Kier alpha value is -2.28. The molecule has 1 unspecified atom stereocenters. The maximum atomic E-state index is 13.1. The fourth-order valence-electron chi connectivity index (χ4n) is 4.57. The van der Waals surface area contributed by atoms with E-state index in [0.717, 1.165) is 60.8 Å². The first-order chi connectivity index (χ1) is 14.9. The maximum absolute atomic E-state index is 13.1. The Morgan fingerprint density at radius 3 is 2.74 bits per heavy atom. The molecule has 1 saturated carbocycles. The molecule has 2 fully saturated rings. The summed E-state index contributed by atoms with van der Waals surface area (Å²) < 4.78 is 5.58. The molecule has 4 rings (SSSR count). The zero-order valence-corrected chi connectivity index (χ0v) is 19.3. The number of benzene rings is 1. The normalized spacial score (nSPS) is 21.7. The number of amidine groups is 1. The highest BCUT2D eigenvalue weighted by Gasteiger charge is 2.38. The highest BCUT2D eigenvalue weighted by Crippen LogP contribution is 2.40. The topological polar surface area (TPSA) is 71.0 Å². The number of carbonyl (C=O) groups is 2. The van der Waals surface area contributed by atoms with E-state index in [0.29, 0.717) is 11.3 Å². The number of allylic oxidation sites excluding steroid dienone is 1. The van der Waals surface area contributed by atoms with Crippen molar-refractivity contribution in [3.63, 3.8) is 0 Å². The second-order valence-electron chi connectivity index (χ2n) is 8.74. The van der Waals surface area contributed by atoms with Crippen LogP contribution in [0.15, 0.2) is 40.5 Å². The summed E-state index contributed by atoms with van der Waals surface area (Å²) in [6.45, 7) is 6.43. The van der Waals surface area contributed by atoms with Gasteiger partial charge in [-0.3, -0.25) is 4.79 Å². The highest BCUT2D eigenvalue weighted by atomic mass is 32.2. The van der Waals surface area contributed by atoms with Crippen LogP contribution in [0.3, 0.4) is 0 Å². The average molecular weight is 442 g/mol. The number of esters is 1. The molecule has 0 bridgehead atoms. The van der Waals surface area contributed by atoms with E-state index in [1.165, 1.54) is 0 Å². The fraction of sp³-hybridized carbons (Fsp3) is 0.542. The summed E-state index contributed by atoms with van der Waals surface area (Å²) in [5, 5.41) is 4.05. The van der Waals surface area contributed by atoms with Crippen molar-refractivity contribution in [3.8, 4) is 0 Å². The third-order valence-corrected chi connectivity index (χ3v) is 7.09. The van der Waals surface area contributed by atoms with E-state index in [1.54, 1.807) is 11.8 Å². The number of amides is 1. The summed E-state index contributed by atoms with van der Waals surface area (Å²) in [7, 11) is 0. The number of rotatable bonds is 5. The van der Waals surface area contributed by atoms with Gasteiger partial charge in [0.2, 0.25) is 5.91 Å². The highest BCUT2D eigenvalue weighted by molar-refractivity contribution is 8.13. The van der Waals surface area contributed by atoms with Gasteiger partial charge in [0.05, 0.1) is 23.4 Å². The van der Waals surface area contributed by atoms with Crippen LogP contribution < -0.4 is 5.32 Å².